The van der Waals surface area contributed by atoms with E-state index in [9.17, 15) is 4.79 Å². The van der Waals surface area contributed by atoms with Crippen molar-refractivity contribution in [1.82, 2.24) is 5.32 Å². The first-order valence-electron chi connectivity index (χ1n) is 21.0. The SMILES string of the molecule is CCCCCCCCNC(=O)CC[C@H](C)C1CC[C@H]2C3C(OCCCN)CC4C[C@H](OCCCN)CC[C@]4(C)[C@H]3C[C@H](OCCCN)[C@]12C. The molecule has 4 unspecified atom stereocenters. The number of carbonyl (C=O) groups excluding carboxylic acids is 1. The van der Waals surface area contributed by atoms with E-state index in [4.69, 9.17) is 31.4 Å². The van der Waals surface area contributed by atoms with Gasteiger partial charge in [-0.2, -0.15) is 0 Å². The quantitative estimate of drug-likeness (QED) is 0.0852. The summed E-state index contributed by atoms with van der Waals surface area (Å²) in [5.74, 6) is 3.48. The third-order valence-electron chi connectivity index (χ3n) is 14.2. The average molecular weight is 691 g/mol. The lowest BCUT2D eigenvalue weighted by molar-refractivity contribution is -0.227. The van der Waals surface area contributed by atoms with Gasteiger partial charge in [-0.25, -0.2) is 0 Å². The summed E-state index contributed by atoms with van der Waals surface area (Å²) < 4.78 is 20.3. The van der Waals surface area contributed by atoms with Gasteiger partial charge in [-0.3, -0.25) is 4.79 Å². The highest BCUT2D eigenvalue weighted by Crippen LogP contribution is 2.69. The minimum Gasteiger partial charge on any atom is -0.378 e. The molecule has 0 spiro atoms. The van der Waals surface area contributed by atoms with E-state index in [1.54, 1.807) is 0 Å². The Balaban J connectivity index is 1.49. The molecule has 8 nitrogen and oxygen atoms in total. The minimum absolute atomic E-state index is 0.0609. The maximum Gasteiger partial charge on any atom is 0.220 e. The Morgan fingerprint density at radius 3 is 2.18 bits per heavy atom. The van der Waals surface area contributed by atoms with Crippen LogP contribution in [0.25, 0.3) is 0 Å². The van der Waals surface area contributed by atoms with Crippen molar-refractivity contribution in [2.75, 3.05) is 46.0 Å². The third kappa shape index (κ3) is 10.2. The van der Waals surface area contributed by atoms with Gasteiger partial charge in [0.15, 0.2) is 0 Å². The van der Waals surface area contributed by atoms with Crippen LogP contribution in [-0.4, -0.2) is 70.2 Å². The highest BCUT2D eigenvalue weighted by molar-refractivity contribution is 5.75. The second-order valence-corrected chi connectivity index (χ2v) is 17.1. The van der Waals surface area contributed by atoms with Crippen molar-refractivity contribution in [3.63, 3.8) is 0 Å². The number of rotatable bonds is 23. The van der Waals surface area contributed by atoms with Crippen molar-refractivity contribution in [3.05, 3.63) is 0 Å². The number of ether oxygens (including phenoxy) is 3. The summed E-state index contributed by atoms with van der Waals surface area (Å²) in [6, 6.07) is 0. The summed E-state index contributed by atoms with van der Waals surface area (Å²) in [5, 5.41) is 3.23. The van der Waals surface area contributed by atoms with Crippen LogP contribution in [0.4, 0.5) is 0 Å². The molecule has 0 aromatic rings. The molecule has 0 bridgehead atoms. The molecule has 7 N–H and O–H groups in total. The van der Waals surface area contributed by atoms with Gasteiger partial charge < -0.3 is 36.7 Å². The highest BCUT2D eigenvalue weighted by atomic mass is 16.5. The van der Waals surface area contributed by atoms with Gasteiger partial charge in [0.1, 0.15) is 0 Å². The van der Waals surface area contributed by atoms with Crippen molar-refractivity contribution < 1.29 is 19.0 Å². The van der Waals surface area contributed by atoms with Crippen molar-refractivity contribution in [2.24, 2.45) is 63.5 Å². The van der Waals surface area contributed by atoms with E-state index in [0.29, 0.717) is 67.7 Å². The van der Waals surface area contributed by atoms with Crippen molar-refractivity contribution in [3.8, 4) is 0 Å². The molecular formula is C41H78N4O4. The summed E-state index contributed by atoms with van der Waals surface area (Å²) in [4.78, 5) is 12.9. The van der Waals surface area contributed by atoms with Crippen LogP contribution in [0.15, 0.2) is 0 Å². The molecule has 0 aromatic heterocycles. The van der Waals surface area contributed by atoms with E-state index >= 15 is 0 Å². The molecule has 286 valence electrons. The fourth-order valence-corrected chi connectivity index (χ4v) is 11.4. The van der Waals surface area contributed by atoms with Crippen LogP contribution in [-0.2, 0) is 19.0 Å². The van der Waals surface area contributed by atoms with E-state index in [2.05, 4.69) is 33.0 Å². The van der Waals surface area contributed by atoms with Crippen LogP contribution >= 0.6 is 0 Å². The van der Waals surface area contributed by atoms with Crippen LogP contribution < -0.4 is 22.5 Å². The molecule has 4 fully saturated rings. The molecule has 4 aliphatic rings. The molecule has 0 aliphatic heterocycles. The highest BCUT2D eigenvalue weighted by Gasteiger charge is 2.66. The topological polar surface area (TPSA) is 135 Å². The summed E-state index contributed by atoms with van der Waals surface area (Å²) in [6.07, 6.45) is 20.8. The minimum atomic E-state index is 0.0609. The molecular weight excluding hydrogens is 612 g/mol. The Hall–Kier alpha value is -0.770. The fourth-order valence-electron chi connectivity index (χ4n) is 11.4. The second-order valence-electron chi connectivity index (χ2n) is 17.1. The van der Waals surface area contributed by atoms with E-state index in [0.717, 1.165) is 84.2 Å². The lowest BCUT2D eigenvalue weighted by atomic mass is 9.43. The van der Waals surface area contributed by atoms with Gasteiger partial charge in [-0.1, -0.05) is 59.8 Å². The number of amides is 1. The van der Waals surface area contributed by atoms with Crippen LogP contribution in [0.1, 0.15) is 143 Å². The van der Waals surface area contributed by atoms with Gasteiger partial charge in [-0.05, 0) is 138 Å². The zero-order valence-corrected chi connectivity index (χ0v) is 32.2. The molecule has 4 saturated carbocycles. The van der Waals surface area contributed by atoms with Crippen LogP contribution in [0.3, 0.4) is 0 Å². The van der Waals surface area contributed by atoms with E-state index < -0.39 is 0 Å². The van der Waals surface area contributed by atoms with Crippen molar-refractivity contribution in [1.29, 1.82) is 0 Å². The number of unbranched alkanes of at least 4 members (excludes halogenated alkanes) is 5. The summed E-state index contributed by atoms with van der Waals surface area (Å²) in [7, 11) is 0. The molecule has 0 heterocycles. The van der Waals surface area contributed by atoms with Crippen LogP contribution in [0.5, 0.6) is 0 Å². The molecule has 0 aromatic carbocycles. The van der Waals surface area contributed by atoms with Gasteiger partial charge in [0, 0.05) is 38.2 Å². The lowest BCUT2D eigenvalue weighted by Gasteiger charge is -2.65. The fraction of sp³-hybridized carbons (Fsp3) is 0.976. The van der Waals surface area contributed by atoms with E-state index in [1.165, 1.54) is 51.4 Å². The zero-order valence-electron chi connectivity index (χ0n) is 32.2. The van der Waals surface area contributed by atoms with Gasteiger partial charge in [0.05, 0.1) is 18.3 Å². The third-order valence-corrected chi connectivity index (χ3v) is 14.2. The Morgan fingerprint density at radius 2 is 1.47 bits per heavy atom. The monoisotopic (exact) mass is 691 g/mol. The standard InChI is InChI=1S/C41H78N4O4/c1-5-6-7-8-9-10-23-45-38(46)17-14-30(2)33-15-16-34-39-35(29-37(41(33,34)4)49-26-13-22-44)40(3)19-18-32(47-24-11-20-42)27-31(40)28-36(39)48-25-12-21-43/h30-37,39H,5-29,42-44H2,1-4H3,(H,45,46)/t30-,31?,32+,33?,34-,35-,36?,37-,39?,40-,41+/m0/s1. The van der Waals surface area contributed by atoms with Gasteiger partial charge in [0.2, 0.25) is 5.91 Å². The van der Waals surface area contributed by atoms with Gasteiger partial charge in [0.25, 0.3) is 0 Å². The number of hydrogen-bond acceptors (Lipinski definition) is 7. The Kier molecular flexibility index (Phi) is 17.1. The predicted octanol–water partition coefficient (Wildman–Crippen LogP) is 6.96. The smallest absolute Gasteiger partial charge is 0.220 e. The molecule has 0 saturated heterocycles. The maximum absolute atomic E-state index is 12.9. The number of carbonyl (C=O) groups is 1. The van der Waals surface area contributed by atoms with E-state index in [-0.39, 0.29) is 28.9 Å². The van der Waals surface area contributed by atoms with Crippen LogP contribution in [0.2, 0.25) is 0 Å². The Labute approximate surface area is 300 Å². The van der Waals surface area contributed by atoms with E-state index in [1.807, 2.05) is 0 Å². The predicted molar refractivity (Wildman–Crippen MR) is 201 cm³/mol. The number of nitrogens with two attached hydrogens (primary N) is 3. The maximum atomic E-state index is 12.9. The largest absolute Gasteiger partial charge is 0.378 e. The van der Waals surface area contributed by atoms with Crippen molar-refractivity contribution >= 4 is 5.91 Å². The van der Waals surface area contributed by atoms with Gasteiger partial charge >= 0.3 is 0 Å². The summed E-state index contributed by atoms with van der Waals surface area (Å²) >= 11 is 0. The first-order valence-corrected chi connectivity index (χ1v) is 21.0. The molecule has 0 radical (unpaired) electrons. The normalized spacial score (nSPS) is 36.1. The summed E-state index contributed by atoms with van der Waals surface area (Å²) in [6.45, 7) is 14.9. The Morgan fingerprint density at radius 1 is 0.796 bits per heavy atom. The molecule has 49 heavy (non-hydrogen) atoms. The number of fused-ring (bicyclic) bond motifs is 5. The Bertz CT molecular complexity index is 954. The second kappa shape index (κ2) is 20.5. The molecule has 4 rings (SSSR count). The zero-order chi connectivity index (χ0) is 35.3. The average Bonchev–Trinajstić information content (AvgIpc) is 3.45. The lowest BCUT2D eigenvalue weighted by Crippen LogP contribution is -2.63. The number of nitrogens with one attached hydrogen (secondary N) is 1. The molecule has 8 heteroatoms. The summed E-state index contributed by atoms with van der Waals surface area (Å²) in [5.41, 5.74) is 18.1. The molecule has 1 amide bonds. The number of hydrogen-bond donors (Lipinski definition) is 4. The first kappa shape index (κ1) is 41.0. The van der Waals surface area contributed by atoms with Crippen LogP contribution in [0, 0.1) is 46.3 Å². The molecule has 11 atom stereocenters. The van der Waals surface area contributed by atoms with Gasteiger partial charge in [-0.15, -0.1) is 0 Å². The first-order chi connectivity index (χ1) is 23.7. The molecule has 4 aliphatic carbocycles. The van der Waals surface area contributed by atoms with Crippen molar-refractivity contribution in [2.45, 2.75) is 162 Å².